The molecule has 1 N–H and O–H groups in total. The molecule has 1 aromatic carbocycles. The van der Waals surface area contributed by atoms with Crippen LogP contribution in [-0.4, -0.2) is 29.2 Å². The number of rotatable bonds is 5. The number of amides is 3. The summed E-state index contributed by atoms with van der Waals surface area (Å²) in [6, 6.07) is 7.68. The van der Waals surface area contributed by atoms with Crippen LogP contribution in [0.1, 0.15) is 49.8 Å². The fourth-order valence-electron chi connectivity index (χ4n) is 2.62. The minimum atomic E-state index is -0.413. The molecule has 0 spiro atoms. The lowest BCUT2D eigenvalue weighted by atomic mass is 10.0. The molecule has 0 fully saturated rings. The number of hydrogen-bond acceptors (Lipinski definition) is 4. The molecular formula is C18H16N2O4. The summed E-state index contributed by atoms with van der Waals surface area (Å²) in [5, 5.41) is 2.79. The molecule has 3 amide bonds. The minimum Gasteiger partial charge on any atom is -0.467 e. The van der Waals surface area contributed by atoms with E-state index in [2.05, 4.69) is 11.9 Å². The monoisotopic (exact) mass is 324 g/mol. The molecule has 24 heavy (non-hydrogen) atoms. The third-order valence-electron chi connectivity index (χ3n) is 3.86. The second-order valence-electron chi connectivity index (χ2n) is 5.48. The van der Waals surface area contributed by atoms with Crippen molar-refractivity contribution in [3.05, 3.63) is 71.7 Å². The van der Waals surface area contributed by atoms with Crippen LogP contribution in [-0.2, 0) is 0 Å². The van der Waals surface area contributed by atoms with Gasteiger partial charge in [0, 0.05) is 12.1 Å². The maximum absolute atomic E-state index is 12.4. The molecular weight excluding hydrogens is 308 g/mol. The summed E-state index contributed by atoms with van der Waals surface area (Å²) in [4.78, 5) is 37.9. The Labute approximate surface area is 138 Å². The average molecular weight is 324 g/mol. The Bertz CT molecular complexity index is 824. The Morgan fingerprint density at radius 2 is 2.04 bits per heavy atom. The number of hydrogen-bond donors (Lipinski definition) is 1. The highest BCUT2D eigenvalue weighted by Gasteiger charge is 2.35. The van der Waals surface area contributed by atoms with Gasteiger partial charge in [0.1, 0.15) is 5.76 Å². The Kier molecular flexibility index (Phi) is 4.04. The number of carbonyl (C=O) groups is 3. The Balaban J connectivity index is 1.82. The molecule has 1 unspecified atom stereocenters. The van der Waals surface area contributed by atoms with Gasteiger partial charge in [0.25, 0.3) is 17.7 Å². The van der Waals surface area contributed by atoms with Gasteiger partial charge in [-0.2, -0.15) is 0 Å². The first kappa shape index (κ1) is 15.7. The summed E-state index contributed by atoms with van der Waals surface area (Å²) in [6.45, 7) is 5.48. The van der Waals surface area contributed by atoms with E-state index in [1.807, 2.05) is 0 Å². The van der Waals surface area contributed by atoms with Crippen molar-refractivity contribution in [2.45, 2.75) is 13.0 Å². The lowest BCUT2D eigenvalue weighted by Crippen LogP contribution is -2.29. The van der Waals surface area contributed by atoms with E-state index in [4.69, 9.17) is 4.42 Å². The maximum atomic E-state index is 12.4. The van der Waals surface area contributed by atoms with E-state index in [1.165, 1.54) is 30.5 Å². The predicted molar refractivity (Wildman–Crippen MR) is 86.6 cm³/mol. The van der Waals surface area contributed by atoms with Crippen LogP contribution < -0.4 is 5.32 Å². The molecule has 6 heteroatoms. The van der Waals surface area contributed by atoms with Crippen molar-refractivity contribution >= 4 is 17.7 Å². The molecule has 2 aromatic rings. The molecule has 0 bridgehead atoms. The van der Waals surface area contributed by atoms with Gasteiger partial charge in [-0.3, -0.25) is 19.3 Å². The first-order valence-corrected chi connectivity index (χ1v) is 7.48. The quantitative estimate of drug-likeness (QED) is 0.677. The normalized spacial score (nSPS) is 14.5. The third-order valence-corrected chi connectivity index (χ3v) is 3.86. The molecule has 1 atom stereocenters. The standard InChI is InChI=1S/C18H16N2O4/c1-3-8-20-17(22)13-7-6-12(10-14(13)18(20)23)16(21)19-11(2)15-5-4-9-24-15/h3-7,9-11H,1,8H2,2H3,(H,19,21). The van der Waals surface area contributed by atoms with Crippen LogP contribution in [0.2, 0.25) is 0 Å². The number of fused-ring (bicyclic) bond motifs is 1. The molecule has 0 radical (unpaired) electrons. The van der Waals surface area contributed by atoms with Crippen LogP contribution in [0.25, 0.3) is 0 Å². The van der Waals surface area contributed by atoms with Crippen LogP contribution >= 0.6 is 0 Å². The van der Waals surface area contributed by atoms with Crippen molar-refractivity contribution in [3.8, 4) is 0 Å². The van der Waals surface area contributed by atoms with Crippen LogP contribution in [0.3, 0.4) is 0 Å². The number of furan rings is 1. The van der Waals surface area contributed by atoms with E-state index >= 15 is 0 Å². The summed E-state index contributed by atoms with van der Waals surface area (Å²) >= 11 is 0. The number of carbonyl (C=O) groups excluding carboxylic acids is 3. The van der Waals surface area contributed by atoms with E-state index < -0.39 is 5.91 Å². The number of benzene rings is 1. The Morgan fingerprint density at radius 3 is 2.71 bits per heavy atom. The number of nitrogens with zero attached hydrogens (tertiary/aromatic N) is 1. The van der Waals surface area contributed by atoms with E-state index in [0.29, 0.717) is 16.9 Å². The second kappa shape index (κ2) is 6.16. The van der Waals surface area contributed by atoms with Crippen molar-refractivity contribution in [1.82, 2.24) is 10.2 Å². The van der Waals surface area contributed by atoms with Crippen LogP contribution in [0, 0.1) is 0 Å². The van der Waals surface area contributed by atoms with E-state index in [9.17, 15) is 14.4 Å². The summed E-state index contributed by atoms with van der Waals surface area (Å²) < 4.78 is 5.25. The van der Waals surface area contributed by atoms with Crippen molar-refractivity contribution in [2.75, 3.05) is 6.54 Å². The molecule has 1 aromatic heterocycles. The first-order valence-electron chi connectivity index (χ1n) is 7.48. The summed E-state index contributed by atoms with van der Waals surface area (Å²) in [5.41, 5.74) is 0.853. The largest absolute Gasteiger partial charge is 0.467 e. The lowest BCUT2D eigenvalue weighted by Gasteiger charge is -2.11. The van der Waals surface area contributed by atoms with Crippen molar-refractivity contribution in [1.29, 1.82) is 0 Å². The molecule has 6 nitrogen and oxygen atoms in total. The van der Waals surface area contributed by atoms with Crippen molar-refractivity contribution < 1.29 is 18.8 Å². The highest BCUT2D eigenvalue weighted by atomic mass is 16.3. The SMILES string of the molecule is C=CCN1C(=O)c2ccc(C(=O)NC(C)c3ccco3)cc2C1=O. The molecule has 1 aliphatic heterocycles. The van der Waals surface area contributed by atoms with Gasteiger partial charge in [-0.15, -0.1) is 6.58 Å². The van der Waals surface area contributed by atoms with Crippen LogP contribution in [0.4, 0.5) is 0 Å². The predicted octanol–water partition coefficient (Wildman–Crippen LogP) is 2.55. The molecule has 3 rings (SSSR count). The highest BCUT2D eigenvalue weighted by Crippen LogP contribution is 2.24. The number of nitrogens with one attached hydrogen (secondary N) is 1. The Morgan fingerprint density at radius 1 is 1.29 bits per heavy atom. The van der Waals surface area contributed by atoms with Gasteiger partial charge < -0.3 is 9.73 Å². The van der Waals surface area contributed by atoms with Gasteiger partial charge >= 0.3 is 0 Å². The molecule has 0 saturated heterocycles. The van der Waals surface area contributed by atoms with Gasteiger partial charge in [-0.25, -0.2) is 0 Å². The van der Waals surface area contributed by atoms with E-state index in [0.717, 1.165) is 4.90 Å². The van der Waals surface area contributed by atoms with E-state index in [-0.39, 0.29) is 30.0 Å². The maximum Gasteiger partial charge on any atom is 0.261 e. The zero-order valence-corrected chi connectivity index (χ0v) is 13.1. The lowest BCUT2D eigenvalue weighted by molar-refractivity contribution is 0.0672. The topological polar surface area (TPSA) is 79.6 Å². The summed E-state index contributed by atoms with van der Waals surface area (Å²) in [7, 11) is 0. The second-order valence-corrected chi connectivity index (χ2v) is 5.48. The van der Waals surface area contributed by atoms with Crippen LogP contribution in [0.15, 0.2) is 53.7 Å². The average Bonchev–Trinajstić information content (AvgIpc) is 3.19. The summed E-state index contributed by atoms with van der Waals surface area (Å²) in [5.74, 6) is -0.494. The van der Waals surface area contributed by atoms with Crippen molar-refractivity contribution in [3.63, 3.8) is 0 Å². The highest BCUT2D eigenvalue weighted by molar-refractivity contribution is 6.22. The molecule has 0 saturated carbocycles. The minimum absolute atomic E-state index is 0.142. The zero-order chi connectivity index (χ0) is 17.3. The van der Waals surface area contributed by atoms with E-state index in [1.54, 1.807) is 19.1 Å². The number of imide groups is 1. The van der Waals surface area contributed by atoms with Gasteiger partial charge in [0.15, 0.2) is 0 Å². The molecule has 2 heterocycles. The van der Waals surface area contributed by atoms with Gasteiger partial charge in [-0.1, -0.05) is 6.08 Å². The molecule has 1 aliphatic rings. The van der Waals surface area contributed by atoms with Crippen molar-refractivity contribution in [2.24, 2.45) is 0 Å². The smallest absolute Gasteiger partial charge is 0.261 e. The van der Waals surface area contributed by atoms with Crippen LogP contribution in [0.5, 0.6) is 0 Å². The van der Waals surface area contributed by atoms with Gasteiger partial charge in [0.2, 0.25) is 0 Å². The summed E-state index contributed by atoms with van der Waals surface area (Å²) in [6.07, 6.45) is 3.02. The fraction of sp³-hybridized carbons (Fsp3) is 0.167. The fourth-order valence-corrected chi connectivity index (χ4v) is 2.62. The Hall–Kier alpha value is -3.15. The van der Waals surface area contributed by atoms with Gasteiger partial charge in [0.05, 0.1) is 23.4 Å². The third kappa shape index (κ3) is 2.62. The first-order chi connectivity index (χ1) is 11.5. The van der Waals surface area contributed by atoms with Gasteiger partial charge in [-0.05, 0) is 37.3 Å². The molecule has 122 valence electrons. The molecule has 0 aliphatic carbocycles. The zero-order valence-electron chi connectivity index (χ0n) is 13.1.